The largest absolute Gasteiger partial charge is 0.493 e. The molecule has 2 N–H and O–H groups in total. The lowest BCUT2D eigenvalue weighted by Gasteiger charge is -2.32. The van der Waals surface area contributed by atoms with Gasteiger partial charge in [-0.2, -0.15) is 0 Å². The first-order valence-electron chi connectivity index (χ1n) is 10.7. The van der Waals surface area contributed by atoms with Crippen molar-refractivity contribution >= 4 is 35.8 Å². The van der Waals surface area contributed by atoms with Gasteiger partial charge in [-0.1, -0.05) is 0 Å². The highest BCUT2D eigenvalue weighted by molar-refractivity contribution is 14.0. The number of rotatable bonds is 8. The lowest BCUT2D eigenvalue weighted by atomic mass is 9.99. The molecule has 0 saturated heterocycles. The number of ether oxygens (including phenoxy) is 2. The number of aliphatic imine (C=N–C) groups is 1. The molecule has 0 unspecified atom stereocenters. The van der Waals surface area contributed by atoms with E-state index in [1.54, 1.807) is 20.3 Å². The van der Waals surface area contributed by atoms with Gasteiger partial charge in [-0.15, -0.1) is 24.0 Å². The second-order valence-corrected chi connectivity index (χ2v) is 7.43. The number of carbonyl (C=O) groups excluding carboxylic acids is 1. The molecule has 2 heterocycles. The fourth-order valence-electron chi connectivity index (χ4n) is 3.64. The molecule has 0 saturated carbocycles. The van der Waals surface area contributed by atoms with Gasteiger partial charge >= 0.3 is 0 Å². The molecule has 0 spiro atoms. The molecule has 1 aromatic carbocycles. The molecule has 1 aromatic heterocycles. The summed E-state index contributed by atoms with van der Waals surface area (Å²) in [5.41, 5.74) is 3.33. The zero-order chi connectivity index (χ0) is 22.2. The van der Waals surface area contributed by atoms with E-state index in [0.717, 1.165) is 55.5 Å². The van der Waals surface area contributed by atoms with Crippen molar-refractivity contribution in [3.05, 3.63) is 46.9 Å². The van der Waals surface area contributed by atoms with Crippen LogP contribution in [0.15, 0.2) is 33.9 Å². The molecule has 1 amide bonds. The standard InChI is InChI=1S/C23H32N4O4.HI/c1-5-24-23(26-10-6-9-25-22(28)21-16(2)8-12-31-21)27-11-7-17-13-19(29-3)20(30-4)14-18(17)15-27;/h8,12-14H,5-7,9-11,15H2,1-4H3,(H,24,26)(H,25,28);1H. The minimum absolute atomic E-state index is 0. The van der Waals surface area contributed by atoms with E-state index in [9.17, 15) is 4.79 Å². The van der Waals surface area contributed by atoms with Crippen molar-refractivity contribution < 1.29 is 18.7 Å². The first kappa shape index (κ1) is 25.8. The Morgan fingerprint density at radius 2 is 1.91 bits per heavy atom. The van der Waals surface area contributed by atoms with Crippen molar-refractivity contribution in [2.45, 2.75) is 33.2 Å². The number of guanidine groups is 1. The quantitative estimate of drug-likeness (QED) is 0.225. The molecular formula is C23H33IN4O4. The van der Waals surface area contributed by atoms with Crippen molar-refractivity contribution in [2.75, 3.05) is 40.4 Å². The first-order chi connectivity index (χ1) is 15.1. The third-order valence-electron chi connectivity index (χ3n) is 5.30. The molecule has 1 aliphatic rings. The molecule has 2 aromatic rings. The van der Waals surface area contributed by atoms with Crippen molar-refractivity contribution in [2.24, 2.45) is 4.99 Å². The maximum Gasteiger partial charge on any atom is 0.287 e. The van der Waals surface area contributed by atoms with Gasteiger partial charge in [0, 0.05) is 38.3 Å². The summed E-state index contributed by atoms with van der Waals surface area (Å²) < 4.78 is 16.1. The van der Waals surface area contributed by atoms with Gasteiger partial charge in [0.15, 0.2) is 23.2 Å². The van der Waals surface area contributed by atoms with Gasteiger partial charge in [-0.25, -0.2) is 0 Å². The number of fused-ring (bicyclic) bond motifs is 1. The molecule has 0 aliphatic carbocycles. The molecule has 3 rings (SSSR count). The van der Waals surface area contributed by atoms with Crippen LogP contribution in [-0.4, -0.2) is 57.2 Å². The van der Waals surface area contributed by atoms with Gasteiger partial charge in [-0.05, 0) is 56.0 Å². The number of benzene rings is 1. The van der Waals surface area contributed by atoms with E-state index in [4.69, 9.17) is 18.9 Å². The highest BCUT2D eigenvalue weighted by Crippen LogP contribution is 2.33. The van der Waals surface area contributed by atoms with Crippen LogP contribution in [0.3, 0.4) is 0 Å². The second-order valence-electron chi connectivity index (χ2n) is 7.43. The van der Waals surface area contributed by atoms with Gasteiger partial charge in [0.1, 0.15) is 0 Å². The molecule has 0 bridgehead atoms. The number of nitrogens with one attached hydrogen (secondary N) is 2. The van der Waals surface area contributed by atoms with E-state index in [0.29, 0.717) is 18.8 Å². The summed E-state index contributed by atoms with van der Waals surface area (Å²) in [5, 5.41) is 6.27. The number of methoxy groups -OCH3 is 2. The van der Waals surface area contributed by atoms with E-state index >= 15 is 0 Å². The Kier molecular flexibility index (Phi) is 10.1. The first-order valence-corrected chi connectivity index (χ1v) is 10.7. The molecule has 0 atom stereocenters. The smallest absolute Gasteiger partial charge is 0.287 e. The lowest BCUT2D eigenvalue weighted by molar-refractivity contribution is 0.0925. The summed E-state index contributed by atoms with van der Waals surface area (Å²) in [4.78, 5) is 19.1. The molecule has 32 heavy (non-hydrogen) atoms. The molecule has 9 heteroatoms. The average Bonchev–Trinajstić information content (AvgIpc) is 3.22. The number of halogens is 1. The van der Waals surface area contributed by atoms with Crippen LogP contribution in [-0.2, 0) is 13.0 Å². The molecule has 0 fully saturated rings. The van der Waals surface area contributed by atoms with Gasteiger partial charge in [-0.3, -0.25) is 9.79 Å². The van der Waals surface area contributed by atoms with Crippen LogP contribution in [0.2, 0.25) is 0 Å². The predicted molar refractivity (Wildman–Crippen MR) is 135 cm³/mol. The summed E-state index contributed by atoms with van der Waals surface area (Å²) in [6.07, 6.45) is 3.19. The summed E-state index contributed by atoms with van der Waals surface area (Å²) in [7, 11) is 3.32. The van der Waals surface area contributed by atoms with Gasteiger partial charge in [0.05, 0.1) is 20.5 Å². The Bertz CT molecular complexity index is 929. The van der Waals surface area contributed by atoms with Crippen LogP contribution >= 0.6 is 24.0 Å². The predicted octanol–water partition coefficient (Wildman–Crippen LogP) is 3.37. The molecule has 1 aliphatic heterocycles. The Hall–Kier alpha value is -2.43. The molecule has 8 nitrogen and oxygen atoms in total. The van der Waals surface area contributed by atoms with Crippen molar-refractivity contribution in [1.29, 1.82) is 0 Å². The summed E-state index contributed by atoms with van der Waals surface area (Å²) in [6.45, 7) is 7.51. The second kappa shape index (κ2) is 12.6. The monoisotopic (exact) mass is 556 g/mol. The SMILES string of the molecule is CCNC(=NCCCNC(=O)c1occc1C)N1CCc2cc(OC)c(OC)cc2C1.I. The molecule has 0 radical (unpaired) electrons. The maximum absolute atomic E-state index is 12.1. The number of amides is 1. The van der Waals surface area contributed by atoms with E-state index in [1.807, 2.05) is 6.92 Å². The molecule has 176 valence electrons. The molecular weight excluding hydrogens is 523 g/mol. The summed E-state index contributed by atoms with van der Waals surface area (Å²) in [5.74, 6) is 2.58. The number of furan rings is 1. The average molecular weight is 556 g/mol. The highest BCUT2D eigenvalue weighted by Gasteiger charge is 2.21. The Morgan fingerprint density at radius 1 is 1.19 bits per heavy atom. The zero-order valence-corrected chi connectivity index (χ0v) is 21.5. The normalized spacial score (nSPS) is 13.1. The van der Waals surface area contributed by atoms with Crippen LogP contribution in [0.4, 0.5) is 0 Å². The van der Waals surface area contributed by atoms with Crippen molar-refractivity contribution in [1.82, 2.24) is 15.5 Å². The zero-order valence-electron chi connectivity index (χ0n) is 19.2. The fraction of sp³-hybridized carbons (Fsp3) is 0.478. The Morgan fingerprint density at radius 3 is 2.53 bits per heavy atom. The fourth-order valence-corrected chi connectivity index (χ4v) is 3.64. The van der Waals surface area contributed by atoms with Crippen molar-refractivity contribution in [3.8, 4) is 11.5 Å². The van der Waals surface area contributed by atoms with E-state index < -0.39 is 0 Å². The minimum Gasteiger partial charge on any atom is -0.493 e. The van der Waals surface area contributed by atoms with Crippen LogP contribution in [0.5, 0.6) is 11.5 Å². The summed E-state index contributed by atoms with van der Waals surface area (Å²) >= 11 is 0. The lowest BCUT2D eigenvalue weighted by Crippen LogP contribution is -2.44. The topological polar surface area (TPSA) is 88.3 Å². The minimum atomic E-state index is -0.185. The van der Waals surface area contributed by atoms with Gasteiger partial charge in [0.25, 0.3) is 5.91 Å². The number of carbonyl (C=O) groups is 1. The van der Waals surface area contributed by atoms with E-state index in [-0.39, 0.29) is 29.9 Å². The van der Waals surface area contributed by atoms with Crippen LogP contribution in [0.25, 0.3) is 0 Å². The van der Waals surface area contributed by atoms with Crippen LogP contribution in [0, 0.1) is 6.92 Å². The van der Waals surface area contributed by atoms with Crippen LogP contribution in [0.1, 0.15) is 40.6 Å². The van der Waals surface area contributed by atoms with Gasteiger partial charge < -0.3 is 29.4 Å². The number of hydrogen-bond donors (Lipinski definition) is 2. The third-order valence-corrected chi connectivity index (χ3v) is 5.30. The third kappa shape index (κ3) is 6.30. The number of nitrogens with zero attached hydrogens (tertiary/aromatic N) is 2. The number of hydrogen-bond acceptors (Lipinski definition) is 5. The van der Waals surface area contributed by atoms with Gasteiger partial charge in [0.2, 0.25) is 0 Å². The summed E-state index contributed by atoms with van der Waals surface area (Å²) in [6, 6.07) is 5.90. The number of aryl methyl sites for hydroxylation is 1. The maximum atomic E-state index is 12.1. The Labute approximate surface area is 206 Å². The van der Waals surface area contributed by atoms with E-state index in [2.05, 4.69) is 34.6 Å². The Balaban J connectivity index is 0.00000363. The highest BCUT2D eigenvalue weighted by atomic mass is 127. The van der Waals surface area contributed by atoms with E-state index in [1.165, 1.54) is 17.4 Å². The van der Waals surface area contributed by atoms with Crippen molar-refractivity contribution in [3.63, 3.8) is 0 Å². The van der Waals surface area contributed by atoms with Crippen LogP contribution < -0.4 is 20.1 Å².